The Labute approximate surface area is 104 Å². The molecule has 1 fully saturated rings. The van der Waals surface area contributed by atoms with E-state index in [1.807, 2.05) is 0 Å². The molecule has 1 saturated carbocycles. The summed E-state index contributed by atoms with van der Waals surface area (Å²) in [5, 5.41) is 3.35. The lowest BCUT2D eigenvalue weighted by molar-refractivity contribution is 0.101. The van der Waals surface area contributed by atoms with Gasteiger partial charge in [-0.1, -0.05) is 0 Å². The van der Waals surface area contributed by atoms with E-state index in [-0.39, 0.29) is 22.7 Å². The molecule has 2 rings (SSSR count). The monoisotopic (exact) mass is 262 g/mol. The number of methoxy groups -OCH3 is 1. The molecule has 0 radical (unpaired) electrons. The molecule has 0 bridgehead atoms. The maximum atomic E-state index is 5.69. The van der Waals surface area contributed by atoms with Gasteiger partial charge in [0.15, 0.2) is 0 Å². The molecule has 1 aliphatic carbocycles. The Bertz CT molecular complexity index is 356. The number of nitrogens with zero attached hydrogens (tertiary/aromatic N) is 3. The van der Waals surface area contributed by atoms with Crippen LogP contribution in [0.25, 0.3) is 0 Å². The van der Waals surface area contributed by atoms with Gasteiger partial charge in [0.2, 0.25) is 16.5 Å². The van der Waals surface area contributed by atoms with Gasteiger partial charge in [0.25, 0.3) is 0 Å². The first-order valence-electron chi connectivity index (χ1n) is 5.05. The standard InChI is InChI=1S/C9H12Cl2N4O/c1-16-6-4-2-3-5(6)12-9-14-7(10)13-8(11)15-9/h5-6H,2-4H2,1H3,(H,12,13,14,15). The lowest BCUT2D eigenvalue weighted by Gasteiger charge is -2.19. The minimum atomic E-state index is 0.0921. The lowest BCUT2D eigenvalue weighted by atomic mass is 10.2. The second-order valence-corrected chi connectivity index (χ2v) is 4.33. The Hall–Kier alpha value is -0.650. The highest BCUT2D eigenvalue weighted by atomic mass is 35.5. The average Bonchev–Trinajstić information content (AvgIpc) is 2.63. The van der Waals surface area contributed by atoms with Crippen molar-refractivity contribution in [1.82, 2.24) is 15.0 Å². The predicted molar refractivity (Wildman–Crippen MR) is 61.9 cm³/mol. The quantitative estimate of drug-likeness (QED) is 0.905. The zero-order valence-corrected chi connectivity index (χ0v) is 10.3. The predicted octanol–water partition coefficient (Wildman–Crippen LogP) is 2.16. The Morgan fingerprint density at radius 1 is 1.19 bits per heavy atom. The van der Waals surface area contributed by atoms with Gasteiger partial charge in [-0.05, 0) is 42.5 Å². The molecule has 5 nitrogen and oxygen atoms in total. The number of anilines is 1. The van der Waals surface area contributed by atoms with Gasteiger partial charge in [-0.2, -0.15) is 15.0 Å². The summed E-state index contributed by atoms with van der Waals surface area (Å²) in [6.45, 7) is 0. The molecule has 2 atom stereocenters. The van der Waals surface area contributed by atoms with Crippen LogP contribution in [0.1, 0.15) is 19.3 Å². The van der Waals surface area contributed by atoms with Crippen LogP contribution in [0.15, 0.2) is 0 Å². The van der Waals surface area contributed by atoms with E-state index in [0.29, 0.717) is 5.95 Å². The maximum absolute atomic E-state index is 5.69. The first-order chi connectivity index (χ1) is 7.69. The van der Waals surface area contributed by atoms with Gasteiger partial charge in [0, 0.05) is 7.11 Å². The summed E-state index contributed by atoms with van der Waals surface area (Å²) >= 11 is 11.4. The van der Waals surface area contributed by atoms with E-state index in [9.17, 15) is 0 Å². The van der Waals surface area contributed by atoms with E-state index in [2.05, 4.69) is 20.3 Å². The number of nitrogens with one attached hydrogen (secondary N) is 1. The van der Waals surface area contributed by atoms with Crippen molar-refractivity contribution in [3.63, 3.8) is 0 Å². The van der Waals surface area contributed by atoms with Crippen LogP contribution in [-0.2, 0) is 4.74 Å². The van der Waals surface area contributed by atoms with Crippen LogP contribution in [0.2, 0.25) is 10.6 Å². The summed E-state index contributed by atoms with van der Waals surface area (Å²) in [4.78, 5) is 11.6. The van der Waals surface area contributed by atoms with Crippen molar-refractivity contribution < 1.29 is 4.74 Å². The van der Waals surface area contributed by atoms with Crippen molar-refractivity contribution in [3.05, 3.63) is 10.6 Å². The molecule has 0 spiro atoms. The highest BCUT2D eigenvalue weighted by molar-refractivity contribution is 6.31. The van der Waals surface area contributed by atoms with E-state index in [1.54, 1.807) is 7.11 Å². The Balaban J connectivity index is 2.08. The van der Waals surface area contributed by atoms with E-state index in [1.165, 1.54) is 0 Å². The van der Waals surface area contributed by atoms with Gasteiger partial charge < -0.3 is 10.1 Å². The van der Waals surface area contributed by atoms with Gasteiger partial charge in [-0.3, -0.25) is 0 Å². The van der Waals surface area contributed by atoms with Gasteiger partial charge in [0.1, 0.15) is 0 Å². The fraction of sp³-hybridized carbons (Fsp3) is 0.667. The normalized spacial score (nSPS) is 24.7. The number of halogens is 2. The number of hydrogen-bond donors (Lipinski definition) is 1. The molecule has 1 heterocycles. The first-order valence-corrected chi connectivity index (χ1v) is 5.81. The zero-order valence-electron chi connectivity index (χ0n) is 8.78. The number of hydrogen-bond acceptors (Lipinski definition) is 5. The Morgan fingerprint density at radius 2 is 1.88 bits per heavy atom. The molecule has 0 aliphatic heterocycles. The van der Waals surface area contributed by atoms with Crippen LogP contribution in [0.4, 0.5) is 5.95 Å². The summed E-state index contributed by atoms with van der Waals surface area (Å²) in [7, 11) is 1.71. The highest BCUT2D eigenvalue weighted by Gasteiger charge is 2.27. The molecule has 0 amide bonds. The van der Waals surface area contributed by atoms with Gasteiger partial charge in [-0.15, -0.1) is 0 Å². The lowest BCUT2D eigenvalue weighted by Crippen LogP contribution is -2.30. The number of ether oxygens (including phenoxy) is 1. The van der Waals surface area contributed by atoms with Gasteiger partial charge in [0.05, 0.1) is 12.1 Å². The fourth-order valence-corrected chi connectivity index (χ4v) is 2.29. The largest absolute Gasteiger partial charge is 0.379 e. The van der Waals surface area contributed by atoms with Crippen LogP contribution < -0.4 is 5.32 Å². The third-order valence-corrected chi connectivity index (χ3v) is 2.99. The van der Waals surface area contributed by atoms with E-state index in [4.69, 9.17) is 27.9 Å². The Kier molecular flexibility index (Phi) is 3.78. The number of rotatable bonds is 3. The molecule has 1 N–H and O–H groups in total. The van der Waals surface area contributed by atoms with Crippen molar-refractivity contribution in [1.29, 1.82) is 0 Å². The summed E-state index contributed by atoms with van der Waals surface area (Å²) in [6.07, 6.45) is 3.39. The average molecular weight is 263 g/mol. The first kappa shape index (κ1) is 11.8. The van der Waals surface area contributed by atoms with E-state index in [0.717, 1.165) is 19.3 Å². The van der Waals surface area contributed by atoms with Crippen molar-refractivity contribution in [2.45, 2.75) is 31.4 Å². The summed E-state index contributed by atoms with van der Waals surface area (Å²) in [5.41, 5.74) is 0. The molecule has 88 valence electrons. The molecule has 0 saturated heterocycles. The molecule has 7 heteroatoms. The van der Waals surface area contributed by atoms with Crippen LogP contribution in [-0.4, -0.2) is 34.2 Å². The molecular formula is C9H12Cl2N4O. The van der Waals surface area contributed by atoms with Crippen LogP contribution in [0, 0.1) is 0 Å². The van der Waals surface area contributed by atoms with Crippen LogP contribution in [0.3, 0.4) is 0 Å². The van der Waals surface area contributed by atoms with Crippen LogP contribution in [0.5, 0.6) is 0 Å². The Morgan fingerprint density at radius 3 is 2.50 bits per heavy atom. The van der Waals surface area contributed by atoms with E-state index < -0.39 is 0 Å². The molecule has 2 unspecified atom stereocenters. The van der Waals surface area contributed by atoms with Gasteiger partial charge >= 0.3 is 0 Å². The topological polar surface area (TPSA) is 59.9 Å². The molecule has 1 aromatic rings. The second kappa shape index (κ2) is 5.12. The third kappa shape index (κ3) is 2.72. The van der Waals surface area contributed by atoms with Crippen molar-refractivity contribution in [2.24, 2.45) is 0 Å². The van der Waals surface area contributed by atoms with Crippen LogP contribution >= 0.6 is 23.2 Å². The highest BCUT2D eigenvalue weighted by Crippen LogP contribution is 2.24. The minimum Gasteiger partial charge on any atom is -0.379 e. The maximum Gasteiger partial charge on any atom is 0.228 e. The minimum absolute atomic E-state index is 0.0921. The third-order valence-electron chi connectivity index (χ3n) is 2.65. The summed E-state index contributed by atoms with van der Waals surface area (Å²) in [6, 6.07) is 0.208. The molecular weight excluding hydrogens is 251 g/mol. The SMILES string of the molecule is COC1CCCC1Nc1nc(Cl)nc(Cl)n1. The fourth-order valence-electron chi connectivity index (χ4n) is 1.93. The summed E-state index contributed by atoms with van der Waals surface area (Å²) in [5.74, 6) is 0.402. The van der Waals surface area contributed by atoms with Crippen molar-refractivity contribution in [2.75, 3.05) is 12.4 Å². The molecule has 1 aromatic heterocycles. The molecule has 1 aliphatic rings. The smallest absolute Gasteiger partial charge is 0.228 e. The molecule has 16 heavy (non-hydrogen) atoms. The van der Waals surface area contributed by atoms with Gasteiger partial charge in [-0.25, -0.2) is 0 Å². The van der Waals surface area contributed by atoms with Crippen molar-refractivity contribution in [3.8, 4) is 0 Å². The van der Waals surface area contributed by atoms with E-state index >= 15 is 0 Å². The zero-order chi connectivity index (χ0) is 11.5. The molecule has 0 aromatic carbocycles. The second-order valence-electron chi connectivity index (χ2n) is 3.65. The van der Waals surface area contributed by atoms with Crippen molar-refractivity contribution >= 4 is 29.2 Å². The number of aromatic nitrogens is 3. The summed E-state index contributed by atoms with van der Waals surface area (Å²) < 4.78 is 5.36.